The van der Waals surface area contributed by atoms with Crippen molar-refractivity contribution < 1.29 is 25.8 Å². The van der Waals surface area contributed by atoms with Crippen LogP contribution >= 0.6 is 0 Å². The third-order valence-electron chi connectivity index (χ3n) is 2.58. The lowest BCUT2D eigenvalue weighted by molar-refractivity contribution is -0.0547. The summed E-state index contributed by atoms with van der Waals surface area (Å²) >= 11 is 0. The Morgan fingerprint density at radius 3 is 2.55 bits per heavy atom. The minimum absolute atomic E-state index is 0.334. The lowest BCUT2D eigenvalue weighted by Gasteiger charge is -2.10. The van der Waals surface area contributed by atoms with E-state index in [9.17, 15) is 21.6 Å². The van der Waals surface area contributed by atoms with Gasteiger partial charge in [-0.05, 0) is 24.6 Å². The highest BCUT2D eigenvalue weighted by Gasteiger charge is 2.47. The molecule has 0 saturated carbocycles. The van der Waals surface area contributed by atoms with Crippen LogP contribution in [0.15, 0.2) is 30.3 Å². The van der Waals surface area contributed by atoms with E-state index in [2.05, 4.69) is 9.17 Å². The van der Waals surface area contributed by atoms with E-state index >= 15 is 0 Å². The number of hydrogen-bond acceptors (Lipinski definition) is 4. The standard InChI is InChI=1S/C12H10F3NO3S/c1-8-6-9(7-19-20(17,18)12(13,14)15)10-4-2-3-5-11(10)16-8/h2-6H,7H2,1H3. The summed E-state index contributed by atoms with van der Waals surface area (Å²) in [5.41, 5.74) is -3.96. The number of rotatable bonds is 3. The maximum atomic E-state index is 12.2. The average molecular weight is 305 g/mol. The summed E-state index contributed by atoms with van der Waals surface area (Å²) in [4.78, 5) is 4.20. The molecule has 0 fully saturated rings. The molecule has 2 rings (SSSR count). The van der Waals surface area contributed by atoms with Crippen LogP contribution in [0.4, 0.5) is 13.2 Å². The molecular formula is C12H10F3NO3S. The number of para-hydroxylation sites is 1. The van der Waals surface area contributed by atoms with E-state index in [1.54, 1.807) is 31.2 Å². The molecule has 0 radical (unpaired) electrons. The van der Waals surface area contributed by atoms with Crippen LogP contribution in [-0.2, 0) is 20.9 Å². The molecule has 8 heteroatoms. The SMILES string of the molecule is Cc1cc(COS(=O)(=O)C(F)(F)F)c2ccccc2n1. The summed E-state index contributed by atoms with van der Waals surface area (Å²) in [5, 5.41) is 0.551. The molecule has 2 aromatic rings. The summed E-state index contributed by atoms with van der Waals surface area (Å²) in [5.74, 6) is 0. The quantitative estimate of drug-likeness (QED) is 0.646. The van der Waals surface area contributed by atoms with Gasteiger partial charge < -0.3 is 0 Å². The predicted molar refractivity (Wildman–Crippen MR) is 66.2 cm³/mol. The molecule has 108 valence electrons. The number of halogens is 3. The van der Waals surface area contributed by atoms with Crippen molar-refractivity contribution in [2.75, 3.05) is 0 Å². The maximum absolute atomic E-state index is 12.2. The molecule has 1 heterocycles. The molecule has 1 aromatic carbocycles. The molecule has 0 saturated heterocycles. The second-order valence-electron chi connectivity index (χ2n) is 4.10. The Kier molecular flexibility index (Phi) is 3.70. The van der Waals surface area contributed by atoms with Gasteiger partial charge in [0.2, 0.25) is 0 Å². The molecule has 0 bridgehead atoms. The van der Waals surface area contributed by atoms with Crippen LogP contribution < -0.4 is 0 Å². The Bertz CT molecular complexity index is 741. The van der Waals surface area contributed by atoms with Crippen molar-refractivity contribution in [3.63, 3.8) is 0 Å². The van der Waals surface area contributed by atoms with E-state index in [-0.39, 0.29) is 0 Å². The Morgan fingerprint density at radius 1 is 1.25 bits per heavy atom. The Morgan fingerprint density at radius 2 is 1.90 bits per heavy atom. The second-order valence-corrected chi connectivity index (χ2v) is 5.71. The van der Waals surface area contributed by atoms with Crippen molar-refractivity contribution in [2.24, 2.45) is 0 Å². The van der Waals surface area contributed by atoms with Gasteiger partial charge in [-0.15, -0.1) is 0 Å². The van der Waals surface area contributed by atoms with Gasteiger partial charge in [0.05, 0.1) is 12.1 Å². The molecule has 0 unspecified atom stereocenters. The smallest absolute Gasteiger partial charge is 0.258 e. The van der Waals surface area contributed by atoms with Gasteiger partial charge in [0.1, 0.15) is 0 Å². The van der Waals surface area contributed by atoms with Gasteiger partial charge in [0.25, 0.3) is 0 Å². The highest BCUT2D eigenvalue weighted by Crippen LogP contribution is 2.27. The Balaban J connectivity index is 2.36. The molecule has 0 aliphatic rings. The first-order valence-electron chi connectivity index (χ1n) is 5.52. The largest absolute Gasteiger partial charge is 0.523 e. The predicted octanol–water partition coefficient (Wildman–Crippen LogP) is 2.91. The number of aromatic nitrogens is 1. The summed E-state index contributed by atoms with van der Waals surface area (Å²) in [6.45, 7) is 0.972. The number of alkyl halides is 3. The summed E-state index contributed by atoms with van der Waals surface area (Å²) < 4.78 is 62.4. The molecule has 0 amide bonds. The molecule has 0 atom stereocenters. The molecule has 0 aliphatic carbocycles. The van der Waals surface area contributed by atoms with Crippen molar-refractivity contribution in [2.45, 2.75) is 19.0 Å². The van der Waals surface area contributed by atoms with Crippen LogP contribution in [0.5, 0.6) is 0 Å². The van der Waals surface area contributed by atoms with Crippen LogP contribution in [0.2, 0.25) is 0 Å². The lowest BCUT2D eigenvalue weighted by atomic mass is 10.1. The van der Waals surface area contributed by atoms with Crippen molar-refractivity contribution in [1.29, 1.82) is 0 Å². The minimum Gasteiger partial charge on any atom is -0.258 e. The zero-order valence-corrected chi connectivity index (χ0v) is 11.1. The summed E-state index contributed by atoms with van der Waals surface area (Å²) in [6.07, 6.45) is 0. The molecule has 0 N–H and O–H groups in total. The van der Waals surface area contributed by atoms with E-state index in [1.165, 1.54) is 6.07 Å². The topological polar surface area (TPSA) is 56.3 Å². The minimum atomic E-state index is -5.60. The van der Waals surface area contributed by atoms with Crippen molar-refractivity contribution >= 4 is 21.0 Å². The monoisotopic (exact) mass is 305 g/mol. The van der Waals surface area contributed by atoms with E-state index in [0.29, 0.717) is 22.2 Å². The summed E-state index contributed by atoms with van der Waals surface area (Å²) in [7, 11) is -5.60. The van der Waals surface area contributed by atoms with Crippen molar-refractivity contribution in [1.82, 2.24) is 4.98 Å². The first-order valence-corrected chi connectivity index (χ1v) is 6.92. The summed E-state index contributed by atoms with van der Waals surface area (Å²) in [6, 6.07) is 8.23. The third kappa shape index (κ3) is 2.91. The fourth-order valence-electron chi connectivity index (χ4n) is 1.72. The fourth-order valence-corrected chi connectivity index (χ4v) is 2.14. The lowest BCUT2D eigenvalue weighted by Crippen LogP contribution is -2.25. The molecular weight excluding hydrogens is 295 g/mol. The van der Waals surface area contributed by atoms with Crippen LogP contribution in [0.3, 0.4) is 0 Å². The van der Waals surface area contributed by atoms with E-state index < -0.39 is 22.2 Å². The highest BCUT2D eigenvalue weighted by molar-refractivity contribution is 7.87. The number of hydrogen-bond donors (Lipinski definition) is 0. The first kappa shape index (κ1) is 14.7. The third-order valence-corrected chi connectivity index (χ3v) is 3.58. The van der Waals surface area contributed by atoms with Gasteiger partial charge in [-0.2, -0.15) is 21.6 Å². The second kappa shape index (κ2) is 5.02. The van der Waals surface area contributed by atoms with Crippen LogP contribution in [0, 0.1) is 6.92 Å². The van der Waals surface area contributed by atoms with Gasteiger partial charge in [-0.3, -0.25) is 9.17 Å². The Hall–Kier alpha value is -1.67. The highest BCUT2D eigenvalue weighted by atomic mass is 32.2. The average Bonchev–Trinajstić information content (AvgIpc) is 2.34. The van der Waals surface area contributed by atoms with E-state index in [0.717, 1.165) is 0 Å². The first-order chi connectivity index (χ1) is 9.21. The van der Waals surface area contributed by atoms with Crippen molar-refractivity contribution in [3.05, 3.63) is 41.6 Å². The zero-order chi connectivity index (χ0) is 15.0. The van der Waals surface area contributed by atoms with Gasteiger partial charge in [0, 0.05) is 11.1 Å². The molecule has 1 aromatic heterocycles. The number of aryl methyl sites for hydroxylation is 1. The zero-order valence-electron chi connectivity index (χ0n) is 10.3. The van der Waals surface area contributed by atoms with Gasteiger partial charge in [-0.1, -0.05) is 18.2 Å². The van der Waals surface area contributed by atoms with Crippen molar-refractivity contribution in [3.8, 4) is 0 Å². The fraction of sp³-hybridized carbons (Fsp3) is 0.250. The van der Waals surface area contributed by atoms with Gasteiger partial charge in [-0.25, -0.2) is 0 Å². The van der Waals surface area contributed by atoms with E-state index in [1.807, 2.05) is 0 Å². The Labute approximate surface area is 113 Å². The normalized spacial score (nSPS) is 12.8. The molecule has 0 spiro atoms. The number of nitrogens with zero attached hydrogens (tertiary/aromatic N) is 1. The van der Waals surface area contributed by atoms with Gasteiger partial charge in [0.15, 0.2) is 0 Å². The van der Waals surface area contributed by atoms with Crippen LogP contribution in [0.1, 0.15) is 11.3 Å². The van der Waals surface area contributed by atoms with Crippen LogP contribution in [0.25, 0.3) is 10.9 Å². The van der Waals surface area contributed by atoms with E-state index in [4.69, 9.17) is 0 Å². The molecule has 4 nitrogen and oxygen atoms in total. The van der Waals surface area contributed by atoms with Gasteiger partial charge >= 0.3 is 15.6 Å². The molecule has 0 aliphatic heterocycles. The number of pyridine rings is 1. The maximum Gasteiger partial charge on any atom is 0.523 e. The molecule has 20 heavy (non-hydrogen) atoms. The van der Waals surface area contributed by atoms with Crippen LogP contribution in [-0.4, -0.2) is 18.9 Å². The number of fused-ring (bicyclic) bond motifs is 1. The number of benzene rings is 1.